The van der Waals surface area contributed by atoms with Crippen molar-refractivity contribution in [3.8, 4) is 0 Å². The van der Waals surface area contributed by atoms with Crippen LogP contribution in [-0.2, 0) is 17.6 Å². The summed E-state index contributed by atoms with van der Waals surface area (Å²) in [5, 5.41) is 11.5. The fourth-order valence-electron chi connectivity index (χ4n) is 2.90. The molecule has 0 radical (unpaired) electrons. The van der Waals surface area contributed by atoms with Crippen molar-refractivity contribution in [1.82, 2.24) is 4.98 Å². The van der Waals surface area contributed by atoms with Gasteiger partial charge in [-0.05, 0) is 49.9 Å². The number of carboxylic acid groups (broad SMARTS) is 1. The van der Waals surface area contributed by atoms with E-state index in [1.54, 1.807) is 31.2 Å². The second-order valence-corrected chi connectivity index (χ2v) is 5.93. The maximum atomic E-state index is 12.6. The van der Waals surface area contributed by atoms with Gasteiger partial charge in [0, 0.05) is 23.4 Å². The molecule has 1 amide bonds. The van der Waals surface area contributed by atoms with Gasteiger partial charge in [-0.1, -0.05) is 19.1 Å². The number of hydrogen-bond acceptors (Lipinski definition) is 3. The van der Waals surface area contributed by atoms with E-state index in [1.165, 1.54) is 6.92 Å². The predicted molar refractivity (Wildman–Crippen MR) is 95.3 cm³/mol. The van der Waals surface area contributed by atoms with Crippen LogP contribution in [0.2, 0.25) is 0 Å². The number of amides is 1. The van der Waals surface area contributed by atoms with Crippen LogP contribution in [0, 0.1) is 6.92 Å². The summed E-state index contributed by atoms with van der Waals surface area (Å²) in [6.07, 6.45) is 1.10. The third-order valence-corrected chi connectivity index (χ3v) is 4.06. The lowest BCUT2D eigenvalue weighted by Crippen LogP contribution is -2.14. The van der Waals surface area contributed by atoms with Crippen LogP contribution in [0.4, 0.5) is 5.69 Å². The lowest BCUT2D eigenvalue weighted by molar-refractivity contribution is -0.136. The fourth-order valence-corrected chi connectivity index (χ4v) is 2.90. The van der Waals surface area contributed by atoms with Gasteiger partial charge in [0.25, 0.3) is 5.91 Å². The number of aliphatic carboxylic acids is 1. The van der Waals surface area contributed by atoms with E-state index in [0.29, 0.717) is 35.5 Å². The van der Waals surface area contributed by atoms with Gasteiger partial charge in [-0.3, -0.25) is 14.4 Å². The molecule has 0 fully saturated rings. The summed E-state index contributed by atoms with van der Waals surface area (Å²) in [5.41, 5.74) is 3.91. The van der Waals surface area contributed by atoms with Crippen LogP contribution < -0.4 is 5.32 Å². The summed E-state index contributed by atoms with van der Waals surface area (Å²) in [4.78, 5) is 38.0. The summed E-state index contributed by atoms with van der Waals surface area (Å²) in [6, 6.07) is 7.06. The van der Waals surface area contributed by atoms with Crippen LogP contribution in [-0.4, -0.2) is 27.8 Å². The van der Waals surface area contributed by atoms with E-state index in [4.69, 9.17) is 5.11 Å². The summed E-state index contributed by atoms with van der Waals surface area (Å²) in [5.74, 6) is -1.20. The average Bonchev–Trinajstić information content (AvgIpc) is 2.90. The molecule has 1 aromatic heterocycles. The van der Waals surface area contributed by atoms with Gasteiger partial charge >= 0.3 is 5.97 Å². The zero-order chi connectivity index (χ0) is 18.6. The van der Waals surface area contributed by atoms with Gasteiger partial charge in [0.05, 0.1) is 0 Å². The quantitative estimate of drug-likeness (QED) is 0.672. The molecule has 0 saturated heterocycles. The normalized spacial score (nSPS) is 10.5. The van der Waals surface area contributed by atoms with Gasteiger partial charge in [0.1, 0.15) is 5.69 Å². The molecule has 1 heterocycles. The first kappa shape index (κ1) is 18.4. The number of aryl methyl sites for hydroxylation is 2. The average molecular weight is 342 g/mol. The Hall–Kier alpha value is -2.89. The number of aromatic amines is 1. The Kier molecular flexibility index (Phi) is 5.75. The van der Waals surface area contributed by atoms with E-state index >= 15 is 0 Å². The van der Waals surface area contributed by atoms with Crippen LogP contribution >= 0.6 is 0 Å². The largest absolute Gasteiger partial charge is 0.481 e. The van der Waals surface area contributed by atoms with Crippen molar-refractivity contribution in [1.29, 1.82) is 0 Å². The summed E-state index contributed by atoms with van der Waals surface area (Å²) >= 11 is 0. The minimum atomic E-state index is -0.840. The Morgan fingerprint density at radius 3 is 2.32 bits per heavy atom. The zero-order valence-electron chi connectivity index (χ0n) is 14.6. The smallest absolute Gasteiger partial charge is 0.303 e. The van der Waals surface area contributed by atoms with Crippen molar-refractivity contribution in [2.75, 3.05) is 5.32 Å². The molecule has 25 heavy (non-hydrogen) atoms. The lowest BCUT2D eigenvalue weighted by Gasteiger charge is -2.07. The second kappa shape index (κ2) is 7.79. The maximum Gasteiger partial charge on any atom is 0.303 e. The van der Waals surface area contributed by atoms with E-state index < -0.39 is 5.97 Å². The summed E-state index contributed by atoms with van der Waals surface area (Å²) in [6.45, 7) is 5.18. The van der Waals surface area contributed by atoms with E-state index in [1.807, 2.05) is 6.92 Å². The number of rotatable bonds is 7. The van der Waals surface area contributed by atoms with Gasteiger partial charge in [0.15, 0.2) is 5.78 Å². The van der Waals surface area contributed by atoms with Crippen LogP contribution in [0.3, 0.4) is 0 Å². The Bertz CT molecular complexity index is 804. The molecule has 0 atom stereocenters. The van der Waals surface area contributed by atoms with Gasteiger partial charge < -0.3 is 15.4 Å². The number of H-pyrrole nitrogens is 1. The number of Topliss-reactive ketones (excluding diaryl/α,β-unsaturated/α-hetero) is 1. The minimum Gasteiger partial charge on any atom is -0.481 e. The molecule has 132 valence electrons. The molecule has 0 bridgehead atoms. The highest BCUT2D eigenvalue weighted by molar-refractivity contribution is 6.07. The molecule has 1 aromatic carbocycles. The highest BCUT2D eigenvalue weighted by Gasteiger charge is 2.21. The van der Waals surface area contributed by atoms with Gasteiger partial charge in [-0.25, -0.2) is 0 Å². The first-order chi connectivity index (χ1) is 11.8. The third-order valence-electron chi connectivity index (χ3n) is 4.06. The topological polar surface area (TPSA) is 99.3 Å². The van der Waals surface area contributed by atoms with Crippen molar-refractivity contribution >= 4 is 23.3 Å². The SMILES string of the molecule is CCc1c(C(=O)Nc2ccc(CCC(=O)O)cc2)[nH]c(C)c1C(C)=O. The highest BCUT2D eigenvalue weighted by Crippen LogP contribution is 2.21. The number of nitrogens with one attached hydrogen (secondary N) is 2. The number of ketones is 1. The van der Waals surface area contributed by atoms with Crippen LogP contribution in [0.5, 0.6) is 0 Å². The van der Waals surface area contributed by atoms with Gasteiger partial charge in [-0.15, -0.1) is 0 Å². The number of hydrogen-bond donors (Lipinski definition) is 3. The van der Waals surface area contributed by atoms with E-state index in [9.17, 15) is 14.4 Å². The number of aromatic nitrogens is 1. The summed E-state index contributed by atoms with van der Waals surface area (Å²) in [7, 11) is 0. The fraction of sp³-hybridized carbons (Fsp3) is 0.316. The first-order valence-corrected chi connectivity index (χ1v) is 8.18. The molecule has 0 aliphatic rings. The monoisotopic (exact) mass is 342 g/mol. The number of benzene rings is 1. The predicted octanol–water partition coefficient (Wildman–Crippen LogP) is 3.36. The molecule has 0 aliphatic heterocycles. The Balaban J connectivity index is 2.16. The zero-order valence-corrected chi connectivity index (χ0v) is 14.6. The second-order valence-electron chi connectivity index (χ2n) is 5.93. The standard InChI is InChI=1S/C19H22N2O4/c1-4-15-17(12(3)22)11(2)20-18(15)19(25)21-14-8-5-13(6-9-14)7-10-16(23)24/h5-6,8-9,20H,4,7,10H2,1-3H3,(H,21,25)(H,23,24). The first-order valence-electron chi connectivity index (χ1n) is 8.18. The number of anilines is 1. The molecular weight excluding hydrogens is 320 g/mol. The minimum absolute atomic E-state index is 0.0626. The Labute approximate surface area is 146 Å². The van der Waals surface area contributed by atoms with Crippen LogP contribution in [0.1, 0.15) is 57.9 Å². The molecule has 0 aliphatic carbocycles. The Morgan fingerprint density at radius 1 is 1.16 bits per heavy atom. The molecule has 6 nitrogen and oxygen atoms in total. The summed E-state index contributed by atoms with van der Waals surface area (Å²) < 4.78 is 0. The van der Waals surface area contributed by atoms with E-state index in [-0.39, 0.29) is 18.1 Å². The highest BCUT2D eigenvalue weighted by atomic mass is 16.4. The van der Waals surface area contributed by atoms with Crippen LogP contribution in [0.25, 0.3) is 0 Å². The molecule has 2 aromatic rings. The van der Waals surface area contributed by atoms with Crippen molar-refractivity contribution < 1.29 is 19.5 Å². The molecule has 2 rings (SSSR count). The van der Waals surface area contributed by atoms with Gasteiger partial charge in [0.2, 0.25) is 0 Å². The molecular formula is C19H22N2O4. The van der Waals surface area contributed by atoms with E-state index in [0.717, 1.165) is 11.1 Å². The number of carbonyl (C=O) groups is 3. The van der Waals surface area contributed by atoms with Crippen LogP contribution in [0.15, 0.2) is 24.3 Å². The lowest BCUT2D eigenvalue weighted by atomic mass is 10.0. The molecule has 6 heteroatoms. The molecule has 0 spiro atoms. The number of carbonyl (C=O) groups excluding carboxylic acids is 2. The Morgan fingerprint density at radius 2 is 1.80 bits per heavy atom. The number of carboxylic acids is 1. The van der Waals surface area contributed by atoms with E-state index in [2.05, 4.69) is 10.3 Å². The van der Waals surface area contributed by atoms with Gasteiger partial charge in [-0.2, -0.15) is 0 Å². The van der Waals surface area contributed by atoms with Crippen molar-refractivity contribution in [3.05, 3.63) is 52.3 Å². The molecule has 0 unspecified atom stereocenters. The third kappa shape index (κ3) is 4.35. The van der Waals surface area contributed by atoms with Crippen molar-refractivity contribution in [2.24, 2.45) is 0 Å². The molecule has 3 N–H and O–H groups in total. The molecule has 0 saturated carbocycles. The van der Waals surface area contributed by atoms with Crippen molar-refractivity contribution in [3.63, 3.8) is 0 Å². The maximum absolute atomic E-state index is 12.6. The van der Waals surface area contributed by atoms with Crippen molar-refractivity contribution in [2.45, 2.75) is 40.0 Å².